The number of carbonyl (C=O) groups is 1. The molecule has 1 aromatic heterocycles. The molecule has 7 heteroatoms. The molecule has 0 fully saturated rings. The Balaban J connectivity index is 1.84. The van der Waals surface area contributed by atoms with Crippen LogP contribution in [0.1, 0.15) is 18.2 Å². The Morgan fingerprint density at radius 1 is 1.11 bits per heavy atom. The van der Waals surface area contributed by atoms with E-state index >= 15 is 0 Å². The monoisotopic (exact) mass is 380 g/mol. The highest BCUT2D eigenvalue weighted by molar-refractivity contribution is 5.90. The molecular formula is C21H21FN4O2. The van der Waals surface area contributed by atoms with E-state index in [0.717, 1.165) is 17.7 Å². The fourth-order valence-electron chi connectivity index (χ4n) is 2.74. The first kappa shape index (κ1) is 19.3. The van der Waals surface area contributed by atoms with Crippen molar-refractivity contribution in [1.82, 2.24) is 9.55 Å². The zero-order valence-electron chi connectivity index (χ0n) is 15.7. The van der Waals surface area contributed by atoms with E-state index < -0.39 is 11.7 Å². The van der Waals surface area contributed by atoms with E-state index in [1.807, 2.05) is 24.3 Å². The molecule has 0 aliphatic carbocycles. The summed E-state index contributed by atoms with van der Waals surface area (Å²) >= 11 is 0. The molecule has 3 aromatic rings. The third-order valence-electron chi connectivity index (χ3n) is 4.16. The van der Waals surface area contributed by atoms with Gasteiger partial charge in [0, 0.05) is 23.1 Å². The lowest BCUT2D eigenvalue weighted by atomic mass is 10.1. The van der Waals surface area contributed by atoms with Crippen LogP contribution in [0.5, 0.6) is 0 Å². The Morgan fingerprint density at radius 3 is 2.57 bits per heavy atom. The van der Waals surface area contributed by atoms with Crippen LogP contribution < -0.4 is 16.2 Å². The predicted octanol–water partition coefficient (Wildman–Crippen LogP) is 3.64. The largest absolute Gasteiger partial charge is 0.326 e. The molecular weight excluding hydrogens is 359 g/mol. The zero-order valence-corrected chi connectivity index (χ0v) is 15.7. The van der Waals surface area contributed by atoms with Crippen molar-refractivity contribution in [2.45, 2.75) is 26.8 Å². The molecule has 28 heavy (non-hydrogen) atoms. The Labute approximate surface area is 162 Å². The minimum absolute atomic E-state index is 0.223. The molecule has 0 aliphatic rings. The minimum Gasteiger partial charge on any atom is -0.326 e. The third-order valence-corrected chi connectivity index (χ3v) is 4.16. The van der Waals surface area contributed by atoms with E-state index in [0.29, 0.717) is 11.4 Å². The molecule has 2 N–H and O–H groups in total. The summed E-state index contributed by atoms with van der Waals surface area (Å²) in [6.07, 6.45) is 0.879. The van der Waals surface area contributed by atoms with E-state index in [-0.39, 0.29) is 18.1 Å². The predicted molar refractivity (Wildman–Crippen MR) is 107 cm³/mol. The maximum absolute atomic E-state index is 13.0. The lowest BCUT2D eigenvalue weighted by Crippen LogP contribution is -2.30. The first-order chi connectivity index (χ1) is 13.4. The molecule has 1 heterocycles. The lowest BCUT2D eigenvalue weighted by molar-refractivity contribution is -0.116. The summed E-state index contributed by atoms with van der Waals surface area (Å²) in [7, 11) is 0. The summed E-state index contributed by atoms with van der Waals surface area (Å²) in [6.45, 7) is 3.55. The summed E-state index contributed by atoms with van der Waals surface area (Å²) in [5.74, 6) is -0.519. The number of hydrogen-bond acceptors (Lipinski definition) is 4. The highest BCUT2D eigenvalue weighted by Gasteiger charge is 2.12. The molecule has 0 spiro atoms. The van der Waals surface area contributed by atoms with Gasteiger partial charge < -0.3 is 10.6 Å². The number of anilines is 3. The van der Waals surface area contributed by atoms with Gasteiger partial charge in [-0.1, -0.05) is 19.1 Å². The van der Waals surface area contributed by atoms with Gasteiger partial charge in [0.15, 0.2) is 0 Å². The summed E-state index contributed by atoms with van der Waals surface area (Å²) in [5.41, 5.74) is 2.58. The van der Waals surface area contributed by atoms with Gasteiger partial charge in [-0.25, -0.2) is 9.37 Å². The molecule has 0 unspecified atom stereocenters. The van der Waals surface area contributed by atoms with Crippen molar-refractivity contribution in [3.05, 3.63) is 82.0 Å². The van der Waals surface area contributed by atoms with Crippen LogP contribution in [-0.2, 0) is 17.8 Å². The van der Waals surface area contributed by atoms with Gasteiger partial charge in [-0.3, -0.25) is 14.2 Å². The second-order valence-electron chi connectivity index (χ2n) is 6.38. The van der Waals surface area contributed by atoms with Crippen LogP contribution in [0.2, 0.25) is 0 Å². The number of benzene rings is 2. The number of halogens is 1. The highest BCUT2D eigenvalue weighted by Crippen LogP contribution is 2.16. The zero-order chi connectivity index (χ0) is 20.1. The van der Waals surface area contributed by atoms with E-state index in [2.05, 4.69) is 22.5 Å². The number of carbonyl (C=O) groups excluding carboxylic acids is 1. The van der Waals surface area contributed by atoms with Crippen molar-refractivity contribution in [1.29, 1.82) is 0 Å². The average molecular weight is 380 g/mol. The van der Waals surface area contributed by atoms with Crippen molar-refractivity contribution >= 4 is 23.2 Å². The Hall–Kier alpha value is -3.48. The molecule has 3 rings (SSSR count). The Morgan fingerprint density at radius 2 is 1.86 bits per heavy atom. The van der Waals surface area contributed by atoms with Crippen LogP contribution in [0.3, 0.4) is 0 Å². The maximum Gasteiger partial charge on any atom is 0.255 e. The summed E-state index contributed by atoms with van der Waals surface area (Å²) in [4.78, 5) is 29.2. The number of rotatable bonds is 6. The topological polar surface area (TPSA) is 76.0 Å². The number of aryl methyl sites for hydroxylation is 2. The first-order valence-corrected chi connectivity index (χ1v) is 8.94. The second-order valence-corrected chi connectivity index (χ2v) is 6.38. The Kier molecular flexibility index (Phi) is 5.84. The smallest absolute Gasteiger partial charge is 0.255 e. The molecule has 0 radical (unpaired) electrons. The number of aromatic nitrogens is 2. The van der Waals surface area contributed by atoms with Gasteiger partial charge in [0.2, 0.25) is 11.9 Å². The van der Waals surface area contributed by atoms with Gasteiger partial charge in [-0.05, 0) is 55.3 Å². The summed E-state index contributed by atoms with van der Waals surface area (Å²) in [5, 5.41) is 5.78. The van der Waals surface area contributed by atoms with Crippen LogP contribution in [0.25, 0.3) is 0 Å². The van der Waals surface area contributed by atoms with E-state index in [1.54, 1.807) is 6.92 Å². The summed E-state index contributed by atoms with van der Waals surface area (Å²) in [6, 6.07) is 14.6. The molecule has 0 bridgehead atoms. The highest BCUT2D eigenvalue weighted by atomic mass is 19.1. The average Bonchev–Trinajstić information content (AvgIpc) is 2.66. The van der Waals surface area contributed by atoms with Crippen molar-refractivity contribution in [2.24, 2.45) is 0 Å². The first-order valence-electron chi connectivity index (χ1n) is 8.94. The SMILES string of the molecule is CCc1cccc(Nc2nc(C)cc(=O)n2CC(=O)Nc2ccc(F)cc2)c1. The van der Waals surface area contributed by atoms with Gasteiger partial charge >= 0.3 is 0 Å². The second kappa shape index (κ2) is 8.47. The van der Waals surface area contributed by atoms with Crippen molar-refractivity contribution in [2.75, 3.05) is 10.6 Å². The molecule has 2 aromatic carbocycles. The fraction of sp³-hybridized carbons (Fsp3) is 0.190. The number of amides is 1. The van der Waals surface area contributed by atoms with E-state index in [4.69, 9.17) is 0 Å². The minimum atomic E-state index is -0.412. The normalized spacial score (nSPS) is 10.5. The van der Waals surface area contributed by atoms with Crippen molar-refractivity contribution in [3.63, 3.8) is 0 Å². The van der Waals surface area contributed by atoms with Gasteiger partial charge in [-0.15, -0.1) is 0 Å². The molecule has 0 saturated carbocycles. The van der Waals surface area contributed by atoms with Crippen LogP contribution in [0.15, 0.2) is 59.4 Å². The van der Waals surface area contributed by atoms with Crippen molar-refractivity contribution < 1.29 is 9.18 Å². The van der Waals surface area contributed by atoms with Crippen molar-refractivity contribution in [3.8, 4) is 0 Å². The molecule has 0 atom stereocenters. The molecule has 6 nitrogen and oxygen atoms in total. The molecule has 144 valence electrons. The van der Waals surface area contributed by atoms with Gasteiger partial charge in [0.1, 0.15) is 12.4 Å². The van der Waals surface area contributed by atoms with Crippen LogP contribution in [-0.4, -0.2) is 15.5 Å². The van der Waals surface area contributed by atoms with Crippen LogP contribution >= 0.6 is 0 Å². The van der Waals surface area contributed by atoms with E-state index in [9.17, 15) is 14.0 Å². The number of nitrogens with one attached hydrogen (secondary N) is 2. The van der Waals surface area contributed by atoms with Gasteiger partial charge in [-0.2, -0.15) is 0 Å². The molecule has 0 saturated heterocycles. The van der Waals surface area contributed by atoms with Crippen LogP contribution in [0, 0.1) is 12.7 Å². The summed E-state index contributed by atoms with van der Waals surface area (Å²) < 4.78 is 14.3. The molecule has 1 amide bonds. The molecule has 0 aliphatic heterocycles. The third kappa shape index (κ3) is 4.82. The lowest BCUT2D eigenvalue weighted by Gasteiger charge is -2.14. The van der Waals surface area contributed by atoms with Gasteiger partial charge in [0.25, 0.3) is 5.56 Å². The number of nitrogens with zero attached hydrogens (tertiary/aromatic N) is 2. The standard InChI is InChI=1S/C21H21FN4O2/c1-3-15-5-4-6-18(12-15)25-21-23-14(2)11-20(28)26(21)13-19(27)24-17-9-7-16(22)8-10-17/h4-12H,3,13H2,1-2H3,(H,23,25)(H,24,27). The fourth-order valence-corrected chi connectivity index (χ4v) is 2.74. The Bertz CT molecular complexity index is 1050. The van der Waals surface area contributed by atoms with E-state index in [1.165, 1.54) is 34.9 Å². The van der Waals surface area contributed by atoms with Crippen LogP contribution in [0.4, 0.5) is 21.7 Å². The van der Waals surface area contributed by atoms with Gasteiger partial charge in [0.05, 0.1) is 0 Å². The quantitative estimate of drug-likeness (QED) is 0.685. The number of hydrogen-bond donors (Lipinski definition) is 2. The maximum atomic E-state index is 13.0.